The van der Waals surface area contributed by atoms with Gasteiger partial charge in [0.2, 0.25) is 0 Å². The van der Waals surface area contributed by atoms with Gasteiger partial charge in [0.25, 0.3) is 0 Å². The van der Waals surface area contributed by atoms with E-state index in [-0.39, 0.29) is 0 Å². The van der Waals surface area contributed by atoms with E-state index in [1.165, 1.54) is 11.1 Å². The molecule has 20 heavy (non-hydrogen) atoms. The maximum Gasteiger partial charge on any atom is 0.0612 e. The van der Waals surface area contributed by atoms with Gasteiger partial charge in [-0.2, -0.15) is 0 Å². The van der Waals surface area contributed by atoms with Crippen LogP contribution in [0.15, 0.2) is 24.3 Å². The predicted octanol–water partition coefficient (Wildman–Crippen LogP) is 4.10. The van der Waals surface area contributed by atoms with Crippen LogP contribution in [-0.4, -0.2) is 18.8 Å². The fourth-order valence-corrected chi connectivity index (χ4v) is 2.76. The third kappa shape index (κ3) is 4.32. The van der Waals surface area contributed by atoms with E-state index in [1.807, 2.05) is 0 Å². The first kappa shape index (κ1) is 15.5. The van der Waals surface area contributed by atoms with Gasteiger partial charge in [-0.1, -0.05) is 52.0 Å². The molecule has 1 heterocycles. The maximum absolute atomic E-state index is 5.82. The zero-order valence-corrected chi connectivity index (χ0v) is 13.4. The van der Waals surface area contributed by atoms with Crippen molar-refractivity contribution in [3.63, 3.8) is 0 Å². The first-order valence-corrected chi connectivity index (χ1v) is 8.00. The van der Waals surface area contributed by atoms with Crippen LogP contribution >= 0.6 is 0 Å². The SMILES string of the molecule is CC(C)c1ccc(CNC2CCOC(C(C)C)C2)cc1. The Bertz CT molecular complexity index is 396. The summed E-state index contributed by atoms with van der Waals surface area (Å²) >= 11 is 0. The van der Waals surface area contributed by atoms with Crippen LogP contribution in [0.3, 0.4) is 0 Å². The van der Waals surface area contributed by atoms with Gasteiger partial charge in [0, 0.05) is 19.2 Å². The van der Waals surface area contributed by atoms with E-state index in [0.29, 0.717) is 24.0 Å². The molecule has 112 valence electrons. The molecule has 2 rings (SSSR count). The molecule has 0 amide bonds. The summed E-state index contributed by atoms with van der Waals surface area (Å²) in [5.41, 5.74) is 2.79. The summed E-state index contributed by atoms with van der Waals surface area (Å²) in [6.45, 7) is 10.8. The zero-order chi connectivity index (χ0) is 14.5. The predicted molar refractivity (Wildman–Crippen MR) is 85.0 cm³/mol. The van der Waals surface area contributed by atoms with Gasteiger partial charge in [0.1, 0.15) is 0 Å². The molecule has 0 spiro atoms. The van der Waals surface area contributed by atoms with Crippen molar-refractivity contribution >= 4 is 0 Å². The standard InChI is InChI=1S/C18H29NO/c1-13(2)16-7-5-15(6-8-16)12-19-17-9-10-20-18(11-17)14(3)4/h5-8,13-14,17-19H,9-12H2,1-4H3. The molecule has 1 aromatic carbocycles. The topological polar surface area (TPSA) is 21.3 Å². The Labute approximate surface area is 123 Å². The summed E-state index contributed by atoms with van der Waals surface area (Å²) in [7, 11) is 0. The Morgan fingerprint density at radius 1 is 1.15 bits per heavy atom. The molecule has 1 aliphatic heterocycles. The van der Waals surface area contributed by atoms with Crippen LogP contribution in [0.1, 0.15) is 57.6 Å². The number of hydrogen-bond donors (Lipinski definition) is 1. The second-order valence-electron chi connectivity index (χ2n) is 6.65. The number of rotatable bonds is 5. The van der Waals surface area contributed by atoms with E-state index >= 15 is 0 Å². The molecule has 0 aliphatic carbocycles. The second-order valence-corrected chi connectivity index (χ2v) is 6.65. The molecule has 2 heteroatoms. The lowest BCUT2D eigenvalue weighted by molar-refractivity contribution is -0.0245. The fourth-order valence-electron chi connectivity index (χ4n) is 2.76. The van der Waals surface area contributed by atoms with E-state index in [2.05, 4.69) is 57.3 Å². The van der Waals surface area contributed by atoms with Crippen LogP contribution in [0.5, 0.6) is 0 Å². The lowest BCUT2D eigenvalue weighted by Crippen LogP contribution is -2.40. The molecular weight excluding hydrogens is 246 g/mol. The van der Waals surface area contributed by atoms with Gasteiger partial charge in [-0.3, -0.25) is 0 Å². The highest BCUT2D eigenvalue weighted by molar-refractivity contribution is 5.24. The molecular formula is C18H29NO. The Hall–Kier alpha value is -0.860. The van der Waals surface area contributed by atoms with Crippen LogP contribution in [0.2, 0.25) is 0 Å². The van der Waals surface area contributed by atoms with Gasteiger partial charge < -0.3 is 10.1 Å². The van der Waals surface area contributed by atoms with Crippen molar-refractivity contribution in [2.75, 3.05) is 6.61 Å². The summed E-state index contributed by atoms with van der Waals surface area (Å²) in [5, 5.41) is 3.69. The van der Waals surface area contributed by atoms with Crippen molar-refractivity contribution in [1.29, 1.82) is 0 Å². The molecule has 1 N–H and O–H groups in total. The van der Waals surface area contributed by atoms with Crippen molar-refractivity contribution in [3.8, 4) is 0 Å². The van der Waals surface area contributed by atoms with E-state index in [4.69, 9.17) is 4.74 Å². The number of benzene rings is 1. The fraction of sp³-hybridized carbons (Fsp3) is 0.667. The van der Waals surface area contributed by atoms with Crippen LogP contribution in [0.25, 0.3) is 0 Å². The Morgan fingerprint density at radius 3 is 2.45 bits per heavy atom. The quantitative estimate of drug-likeness (QED) is 0.873. The van der Waals surface area contributed by atoms with E-state index in [9.17, 15) is 0 Å². The molecule has 1 saturated heterocycles. The summed E-state index contributed by atoms with van der Waals surface area (Å²) in [6.07, 6.45) is 2.69. The van der Waals surface area contributed by atoms with Crippen LogP contribution in [0.4, 0.5) is 0 Å². The van der Waals surface area contributed by atoms with Crippen molar-refractivity contribution in [1.82, 2.24) is 5.32 Å². The van der Waals surface area contributed by atoms with Gasteiger partial charge in [-0.05, 0) is 35.8 Å². The summed E-state index contributed by atoms with van der Waals surface area (Å²) < 4.78 is 5.82. The minimum absolute atomic E-state index is 0.421. The highest BCUT2D eigenvalue weighted by atomic mass is 16.5. The van der Waals surface area contributed by atoms with Gasteiger partial charge >= 0.3 is 0 Å². The number of hydrogen-bond acceptors (Lipinski definition) is 2. The zero-order valence-electron chi connectivity index (χ0n) is 13.4. The Balaban J connectivity index is 1.82. The molecule has 0 radical (unpaired) electrons. The van der Waals surface area contributed by atoms with Crippen LogP contribution in [0, 0.1) is 5.92 Å². The van der Waals surface area contributed by atoms with Crippen molar-refractivity contribution in [3.05, 3.63) is 35.4 Å². The van der Waals surface area contributed by atoms with Gasteiger partial charge in [-0.25, -0.2) is 0 Å². The molecule has 2 unspecified atom stereocenters. The Kier molecular flexibility index (Phi) is 5.62. The van der Waals surface area contributed by atoms with E-state index in [0.717, 1.165) is 26.0 Å². The largest absolute Gasteiger partial charge is 0.378 e. The molecule has 0 bridgehead atoms. The summed E-state index contributed by atoms with van der Waals surface area (Å²) in [4.78, 5) is 0. The highest BCUT2D eigenvalue weighted by Gasteiger charge is 2.24. The van der Waals surface area contributed by atoms with Crippen LogP contribution in [-0.2, 0) is 11.3 Å². The first-order valence-electron chi connectivity index (χ1n) is 8.00. The van der Waals surface area contributed by atoms with Crippen LogP contribution < -0.4 is 5.32 Å². The molecule has 2 atom stereocenters. The second kappa shape index (κ2) is 7.24. The lowest BCUT2D eigenvalue weighted by Gasteiger charge is -2.32. The minimum atomic E-state index is 0.421. The first-order chi connectivity index (χ1) is 9.56. The molecule has 1 aliphatic rings. The van der Waals surface area contributed by atoms with E-state index in [1.54, 1.807) is 0 Å². The Morgan fingerprint density at radius 2 is 1.85 bits per heavy atom. The minimum Gasteiger partial charge on any atom is -0.378 e. The lowest BCUT2D eigenvalue weighted by atomic mass is 9.95. The summed E-state index contributed by atoms with van der Waals surface area (Å²) in [5.74, 6) is 1.23. The van der Waals surface area contributed by atoms with Gasteiger partial charge in [-0.15, -0.1) is 0 Å². The normalized spacial score (nSPS) is 23.5. The smallest absolute Gasteiger partial charge is 0.0612 e. The van der Waals surface area contributed by atoms with Crippen molar-refractivity contribution < 1.29 is 4.74 Å². The third-order valence-electron chi connectivity index (χ3n) is 4.30. The molecule has 1 fully saturated rings. The average Bonchev–Trinajstić information content (AvgIpc) is 2.46. The maximum atomic E-state index is 5.82. The number of nitrogens with one attached hydrogen (secondary N) is 1. The van der Waals surface area contributed by atoms with E-state index < -0.39 is 0 Å². The van der Waals surface area contributed by atoms with Gasteiger partial charge in [0.05, 0.1) is 6.10 Å². The van der Waals surface area contributed by atoms with Crippen molar-refractivity contribution in [2.24, 2.45) is 5.92 Å². The van der Waals surface area contributed by atoms with Crippen molar-refractivity contribution in [2.45, 2.75) is 65.1 Å². The monoisotopic (exact) mass is 275 g/mol. The third-order valence-corrected chi connectivity index (χ3v) is 4.30. The molecule has 1 aromatic rings. The highest BCUT2D eigenvalue weighted by Crippen LogP contribution is 2.21. The molecule has 0 saturated carbocycles. The number of ether oxygens (including phenoxy) is 1. The average molecular weight is 275 g/mol. The molecule has 2 nitrogen and oxygen atoms in total. The van der Waals surface area contributed by atoms with Gasteiger partial charge in [0.15, 0.2) is 0 Å². The summed E-state index contributed by atoms with van der Waals surface area (Å²) in [6, 6.07) is 9.61. The molecule has 0 aromatic heterocycles.